The average molecular weight is 407 g/mol. The molecule has 2 aliphatic carbocycles. The lowest BCUT2D eigenvalue weighted by Gasteiger charge is -2.47. The van der Waals surface area contributed by atoms with Crippen LogP contribution >= 0.6 is 15.9 Å². The predicted molar refractivity (Wildman–Crippen MR) is 104 cm³/mol. The molecule has 1 spiro atoms. The molecular weight excluding hydrogens is 380 g/mol. The van der Waals surface area contributed by atoms with Crippen LogP contribution in [0.4, 0.5) is 0 Å². The largest absolute Gasteiger partial charge is 0.393 e. The van der Waals surface area contributed by atoms with E-state index in [-0.39, 0.29) is 17.4 Å². The molecule has 0 radical (unpaired) electrons. The van der Waals surface area contributed by atoms with Gasteiger partial charge in [-0.25, -0.2) is 0 Å². The number of aliphatic hydroxyl groups excluding tert-OH is 1. The Morgan fingerprint density at radius 1 is 1.40 bits per heavy atom. The number of amides is 1. The first-order valence-electron chi connectivity index (χ1n) is 8.84. The van der Waals surface area contributed by atoms with Gasteiger partial charge in [0.1, 0.15) is 5.54 Å². The summed E-state index contributed by atoms with van der Waals surface area (Å²) >= 11 is 3.48. The third-order valence-corrected chi connectivity index (χ3v) is 6.10. The number of likely N-dealkylation sites (N-methyl/N-ethyl adjacent to an activating group) is 1. The van der Waals surface area contributed by atoms with Gasteiger partial charge in [0.25, 0.3) is 5.91 Å². The highest BCUT2D eigenvalue weighted by molar-refractivity contribution is 9.10. The van der Waals surface area contributed by atoms with Crippen LogP contribution in [0.2, 0.25) is 0 Å². The highest BCUT2D eigenvalue weighted by Gasteiger charge is 2.61. The number of carbonyl (C=O) groups is 1. The molecular formula is C20H27BrN2O2. The molecule has 1 unspecified atom stereocenters. The number of rotatable bonds is 1. The van der Waals surface area contributed by atoms with E-state index in [4.69, 9.17) is 12.2 Å². The summed E-state index contributed by atoms with van der Waals surface area (Å²) in [6.07, 6.45) is 8.67. The lowest BCUT2D eigenvalue weighted by Crippen LogP contribution is -2.60. The van der Waals surface area contributed by atoms with Crippen molar-refractivity contribution in [3.05, 3.63) is 33.8 Å². The van der Waals surface area contributed by atoms with Crippen molar-refractivity contribution in [1.29, 1.82) is 0 Å². The second kappa shape index (κ2) is 7.49. The average Bonchev–Trinajstić information content (AvgIpc) is 2.87. The van der Waals surface area contributed by atoms with Gasteiger partial charge in [-0.1, -0.05) is 42.3 Å². The number of nitrogens with zero attached hydrogens (tertiary/aromatic N) is 1. The molecule has 1 amide bonds. The van der Waals surface area contributed by atoms with E-state index < -0.39 is 5.54 Å². The smallest absolute Gasteiger partial charge is 0.259 e. The fourth-order valence-corrected chi connectivity index (χ4v) is 4.61. The molecule has 1 atom stereocenters. The first-order chi connectivity index (χ1) is 11.8. The van der Waals surface area contributed by atoms with Crippen LogP contribution in [0.25, 0.3) is 0 Å². The Morgan fingerprint density at radius 3 is 2.56 bits per heavy atom. The van der Waals surface area contributed by atoms with Crippen molar-refractivity contribution in [2.45, 2.75) is 57.6 Å². The number of nitrogens with two attached hydrogens (primary N) is 1. The number of carbonyl (C=O) groups excluding carboxylic acids is 1. The van der Waals surface area contributed by atoms with Crippen molar-refractivity contribution in [3.63, 3.8) is 0 Å². The molecule has 1 saturated carbocycles. The van der Waals surface area contributed by atoms with E-state index in [9.17, 15) is 9.90 Å². The first-order valence-corrected chi connectivity index (χ1v) is 9.63. The summed E-state index contributed by atoms with van der Waals surface area (Å²) in [4.78, 5) is 14.4. The van der Waals surface area contributed by atoms with E-state index in [0.717, 1.165) is 34.9 Å². The molecule has 1 aromatic rings. The molecule has 1 fully saturated rings. The van der Waals surface area contributed by atoms with E-state index in [1.54, 1.807) is 7.05 Å². The quantitative estimate of drug-likeness (QED) is 0.555. The Morgan fingerprint density at radius 2 is 2.00 bits per heavy atom. The van der Waals surface area contributed by atoms with Gasteiger partial charge in [0.15, 0.2) is 0 Å². The van der Waals surface area contributed by atoms with Crippen LogP contribution < -0.4 is 5.73 Å². The minimum atomic E-state index is -1.15. The predicted octanol–water partition coefficient (Wildman–Crippen LogP) is 3.16. The minimum Gasteiger partial charge on any atom is -0.393 e. The van der Waals surface area contributed by atoms with Gasteiger partial charge in [-0.15, -0.1) is 0 Å². The monoisotopic (exact) mass is 406 g/mol. The maximum Gasteiger partial charge on any atom is 0.259 e. The van der Waals surface area contributed by atoms with Gasteiger partial charge < -0.3 is 10.8 Å². The fraction of sp³-hybridized carbons (Fsp3) is 0.550. The summed E-state index contributed by atoms with van der Waals surface area (Å²) in [5, 5.41) is 9.90. The Bertz CT molecular complexity index is 689. The maximum atomic E-state index is 13.1. The van der Waals surface area contributed by atoms with E-state index >= 15 is 0 Å². The van der Waals surface area contributed by atoms with Gasteiger partial charge in [0, 0.05) is 23.0 Å². The molecule has 0 bridgehead atoms. The van der Waals surface area contributed by atoms with Crippen molar-refractivity contribution in [2.24, 2.45) is 11.1 Å². The maximum absolute atomic E-state index is 13.1. The third-order valence-electron chi connectivity index (χ3n) is 5.61. The molecule has 0 saturated heterocycles. The van der Waals surface area contributed by atoms with Crippen molar-refractivity contribution >= 4 is 21.8 Å². The van der Waals surface area contributed by atoms with Crippen LogP contribution in [0.15, 0.2) is 22.7 Å². The number of aliphatic hydroxyl groups is 1. The van der Waals surface area contributed by atoms with Gasteiger partial charge in [0.05, 0.1) is 6.10 Å². The summed E-state index contributed by atoms with van der Waals surface area (Å²) in [5.41, 5.74) is 7.26. The zero-order chi connectivity index (χ0) is 18.8. The Labute approximate surface area is 158 Å². The number of halogens is 1. The summed E-state index contributed by atoms with van der Waals surface area (Å²) < 4.78 is 0.898. The molecule has 4 nitrogen and oxygen atoms in total. The molecule has 1 aromatic carbocycles. The molecule has 3 rings (SSSR count). The highest BCUT2D eigenvalue weighted by atomic mass is 79.9. The second-order valence-corrected chi connectivity index (χ2v) is 7.71. The summed E-state index contributed by atoms with van der Waals surface area (Å²) in [6.45, 7) is 4.00. The number of benzene rings is 1. The lowest BCUT2D eigenvalue weighted by atomic mass is 9.61. The SMILES string of the molecule is C#CN(C)C(=O)C1(N)c2cc(Br)ccc2CC12CCC(O)CC2.CC. The molecule has 2 aliphatic rings. The van der Waals surface area contributed by atoms with Gasteiger partial charge in [0.2, 0.25) is 0 Å². The van der Waals surface area contributed by atoms with Crippen molar-refractivity contribution in [3.8, 4) is 12.5 Å². The summed E-state index contributed by atoms with van der Waals surface area (Å²) in [5.74, 6) is -0.242. The molecule has 5 heteroatoms. The van der Waals surface area contributed by atoms with E-state index in [0.29, 0.717) is 12.8 Å². The van der Waals surface area contributed by atoms with E-state index in [2.05, 4.69) is 22.0 Å². The van der Waals surface area contributed by atoms with Crippen LogP contribution in [0.5, 0.6) is 0 Å². The van der Waals surface area contributed by atoms with Crippen molar-refractivity contribution in [2.75, 3.05) is 7.05 Å². The minimum absolute atomic E-state index is 0.242. The van der Waals surface area contributed by atoms with Gasteiger partial charge >= 0.3 is 0 Å². The zero-order valence-electron chi connectivity index (χ0n) is 15.2. The van der Waals surface area contributed by atoms with Crippen LogP contribution in [0.1, 0.15) is 50.7 Å². The first kappa shape index (κ1) is 20.0. The molecule has 136 valence electrons. The van der Waals surface area contributed by atoms with Crippen LogP contribution in [-0.4, -0.2) is 29.1 Å². The highest BCUT2D eigenvalue weighted by Crippen LogP contribution is 2.57. The molecule has 25 heavy (non-hydrogen) atoms. The molecule has 0 heterocycles. The summed E-state index contributed by atoms with van der Waals surface area (Å²) in [6, 6.07) is 8.34. The fourth-order valence-electron chi connectivity index (χ4n) is 4.25. The zero-order valence-corrected chi connectivity index (χ0v) is 16.8. The van der Waals surface area contributed by atoms with Crippen molar-refractivity contribution in [1.82, 2.24) is 4.90 Å². The number of hydrogen-bond donors (Lipinski definition) is 2. The molecule has 3 N–H and O–H groups in total. The molecule has 0 aromatic heterocycles. The van der Waals surface area contributed by atoms with Crippen molar-refractivity contribution < 1.29 is 9.90 Å². The topological polar surface area (TPSA) is 66.6 Å². The van der Waals surface area contributed by atoms with Crippen LogP contribution in [-0.2, 0) is 16.8 Å². The Kier molecular flexibility index (Phi) is 5.98. The Balaban J connectivity index is 0.00000109. The van der Waals surface area contributed by atoms with E-state index in [1.165, 1.54) is 4.90 Å². The van der Waals surface area contributed by atoms with Gasteiger partial charge in [-0.05, 0) is 55.4 Å². The Hall–Kier alpha value is -1.35. The number of hydrogen-bond acceptors (Lipinski definition) is 3. The van der Waals surface area contributed by atoms with E-state index in [1.807, 2.05) is 32.0 Å². The van der Waals surface area contributed by atoms with Crippen LogP contribution in [0, 0.1) is 17.9 Å². The third kappa shape index (κ3) is 3.12. The molecule has 0 aliphatic heterocycles. The number of terminal acetylenes is 1. The van der Waals surface area contributed by atoms with Crippen LogP contribution in [0.3, 0.4) is 0 Å². The standard InChI is InChI=1S/C18H21BrN2O2.C2H6/c1-3-21(2)16(23)18(20)15-10-13(19)5-4-12(15)11-17(18)8-6-14(22)7-9-17;1-2/h1,4-5,10,14,22H,6-9,11,20H2,2H3;1-2H3. The lowest BCUT2D eigenvalue weighted by molar-refractivity contribution is -0.140. The second-order valence-electron chi connectivity index (χ2n) is 6.79. The normalized spacial score (nSPS) is 30.0. The van der Waals surface area contributed by atoms with Gasteiger partial charge in [-0.3, -0.25) is 9.69 Å². The summed E-state index contributed by atoms with van der Waals surface area (Å²) in [7, 11) is 1.58. The number of fused-ring (bicyclic) bond motifs is 1. The van der Waals surface area contributed by atoms with Gasteiger partial charge in [-0.2, -0.15) is 0 Å².